The van der Waals surface area contributed by atoms with E-state index in [4.69, 9.17) is 16.7 Å². The van der Waals surface area contributed by atoms with Crippen LogP contribution in [-0.2, 0) is 0 Å². The lowest BCUT2D eigenvalue weighted by molar-refractivity contribution is 0.0697. The van der Waals surface area contributed by atoms with Gasteiger partial charge in [-0.3, -0.25) is 4.79 Å². The molecule has 0 aliphatic heterocycles. The third-order valence-electron chi connectivity index (χ3n) is 2.50. The summed E-state index contributed by atoms with van der Waals surface area (Å²) in [5.74, 6) is -1.90. The van der Waals surface area contributed by atoms with Crippen molar-refractivity contribution in [3.63, 3.8) is 0 Å². The number of hydrogen-bond acceptors (Lipinski definition) is 5. The van der Waals surface area contributed by atoms with Gasteiger partial charge in [-0.1, -0.05) is 11.6 Å². The van der Waals surface area contributed by atoms with E-state index in [1.165, 1.54) is 25.1 Å². The molecule has 104 valence electrons. The number of halogens is 1. The van der Waals surface area contributed by atoms with Gasteiger partial charge in [0.15, 0.2) is 0 Å². The fourth-order valence-electron chi connectivity index (χ4n) is 1.56. The Bertz CT molecular complexity index is 699. The van der Waals surface area contributed by atoms with Gasteiger partial charge in [-0.15, -0.1) is 0 Å². The summed E-state index contributed by atoms with van der Waals surface area (Å²) in [5, 5.41) is 21.1. The fourth-order valence-corrected chi connectivity index (χ4v) is 2.55. The molecule has 0 aliphatic carbocycles. The lowest BCUT2D eigenvalue weighted by Crippen LogP contribution is -2.14. The maximum atomic E-state index is 12.1. The molecule has 2 aromatic rings. The van der Waals surface area contributed by atoms with E-state index in [9.17, 15) is 14.7 Å². The van der Waals surface area contributed by atoms with Crippen LogP contribution < -0.4 is 5.32 Å². The van der Waals surface area contributed by atoms with Gasteiger partial charge in [0.1, 0.15) is 16.3 Å². The second kappa shape index (κ2) is 5.48. The van der Waals surface area contributed by atoms with Crippen LogP contribution in [0.25, 0.3) is 0 Å². The number of anilines is 1. The molecule has 6 nitrogen and oxygen atoms in total. The highest BCUT2D eigenvalue weighted by Crippen LogP contribution is 2.27. The monoisotopic (exact) mass is 312 g/mol. The van der Waals surface area contributed by atoms with E-state index in [0.29, 0.717) is 5.69 Å². The lowest BCUT2D eigenvalue weighted by Gasteiger charge is -2.06. The van der Waals surface area contributed by atoms with Crippen molar-refractivity contribution in [2.75, 3.05) is 5.32 Å². The first-order valence-corrected chi connectivity index (χ1v) is 6.54. The first kappa shape index (κ1) is 14.3. The molecular weight excluding hydrogens is 304 g/mol. The van der Waals surface area contributed by atoms with Gasteiger partial charge in [0.2, 0.25) is 0 Å². The zero-order chi connectivity index (χ0) is 14.9. The summed E-state index contributed by atoms with van der Waals surface area (Å²) >= 11 is 6.73. The van der Waals surface area contributed by atoms with Crippen LogP contribution in [-0.4, -0.2) is 26.5 Å². The maximum absolute atomic E-state index is 12.1. The van der Waals surface area contributed by atoms with Gasteiger partial charge in [0, 0.05) is 0 Å². The average molecular weight is 313 g/mol. The number of amides is 1. The van der Waals surface area contributed by atoms with Crippen LogP contribution in [0.2, 0.25) is 5.02 Å². The molecule has 0 fully saturated rings. The third kappa shape index (κ3) is 2.73. The van der Waals surface area contributed by atoms with Crippen LogP contribution in [0, 0.1) is 6.92 Å². The molecular formula is C12H9ClN2O4S. The highest BCUT2D eigenvalue weighted by molar-refractivity contribution is 7.11. The van der Waals surface area contributed by atoms with Gasteiger partial charge in [0.25, 0.3) is 5.91 Å². The summed E-state index contributed by atoms with van der Waals surface area (Å²) in [6.07, 6.45) is 0. The van der Waals surface area contributed by atoms with E-state index in [0.717, 1.165) is 11.5 Å². The fraction of sp³-hybridized carbons (Fsp3) is 0.0833. The van der Waals surface area contributed by atoms with Crippen molar-refractivity contribution >= 4 is 40.0 Å². The van der Waals surface area contributed by atoms with Crippen molar-refractivity contribution in [3.05, 3.63) is 40.0 Å². The van der Waals surface area contributed by atoms with Crippen molar-refractivity contribution in [1.82, 2.24) is 4.37 Å². The van der Waals surface area contributed by atoms with E-state index < -0.39 is 11.9 Å². The molecule has 8 heteroatoms. The second-order valence-corrected chi connectivity index (χ2v) is 5.08. The van der Waals surface area contributed by atoms with Gasteiger partial charge in [-0.2, -0.15) is 4.37 Å². The standard InChI is InChI=1S/C12H9ClN2O4S/c1-5-9(12(18)19)11(20-15-5)14-10(17)7-4-6(16)2-3-8(7)13/h2-4,16H,1H3,(H,14,17)(H,18,19). The number of nitrogens with one attached hydrogen (secondary N) is 1. The smallest absolute Gasteiger partial charge is 0.340 e. The maximum Gasteiger partial charge on any atom is 0.340 e. The van der Waals surface area contributed by atoms with Gasteiger partial charge in [-0.25, -0.2) is 4.79 Å². The lowest BCUT2D eigenvalue weighted by atomic mass is 10.2. The number of carbonyl (C=O) groups is 2. The number of benzene rings is 1. The minimum Gasteiger partial charge on any atom is -0.508 e. The molecule has 1 amide bonds. The van der Waals surface area contributed by atoms with Crippen LogP contribution >= 0.6 is 23.1 Å². The van der Waals surface area contributed by atoms with E-state index in [1.54, 1.807) is 0 Å². The van der Waals surface area contributed by atoms with Gasteiger partial charge in [0.05, 0.1) is 16.3 Å². The Hall–Kier alpha value is -2.12. The molecule has 1 aromatic carbocycles. The van der Waals surface area contributed by atoms with Crippen LogP contribution in [0.15, 0.2) is 18.2 Å². The number of phenols is 1. The Labute approximate surface area is 122 Å². The highest BCUT2D eigenvalue weighted by Gasteiger charge is 2.20. The summed E-state index contributed by atoms with van der Waals surface area (Å²) in [7, 11) is 0. The topological polar surface area (TPSA) is 99.5 Å². The summed E-state index contributed by atoms with van der Waals surface area (Å²) in [6.45, 7) is 1.54. The molecule has 3 N–H and O–H groups in total. The number of nitrogens with zero attached hydrogens (tertiary/aromatic N) is 1. The third-order valence-corrected chi connectivity index (χ3v) is 3.68. The van der Waals surface area contributed by atoms with Crippen LogP contribution in [0.4, 0.5) is 5.00 Å². The molecule has 1 aromatic heterocycles. The van der Waals surface area contributed by atoms with Crippen molar-refractivity contribution in [1.29, 1.82) is 0 Å². The second-order valence-electron chi connectivity index (χ2n) is 3.90. The summed E-state index contributed by atoms with van der Waals surface area (Å²) in [6, 6.07) is 3.92. The summed E-state index contributed by atoms with van der Waals surface area (Å²) in [5.41, 5.74) is 0.313. The Morgan fingerprint density at radius 2 is 2.10 bits per heavy atom. The van der Waals surface area contributed by atoms with Crippen molar-refractivity contribution < 1.29 is 19.8 Å². The molecule has 0 saturated heterocycles. The van der Waals surface area contributed by atoms with E-state index in [2.05, 4.69) is 9.69 Å². The number of carbonyl (C=O) groups excluding carboxylic acids is 1. The number of aromatic hydroxyl groups is 1. The first-order chi connectivity index (χ1) is 9.40. The number of carboxylic acid groups (broad SMARTS) is 1. The predicted octanol–water partition coefficient (Wildman–Crippen LogP) is 2.76. The zero-order valence-corrected chi connectivity index (χ0v) is 11.7. The van der Waals surface area contributed by atoms with Crippen molar-refractivity contribution in [2.24, 2.45) is 0 Å². The minimum absolute atomic E-state index is 0.0501. The Morgan fingerprint density at radius 3 is 2.75 bits per heavy atom. The SMILES string of the molecule is Cc1nsc(NC(=O)c2cc(O)ccc2Cl)c1C(=O)O. The Morgan fingerprint density at radius 1 is 1.40 bits per heavy atom. The molecule has 2 rings (SSSR count). The largest absolute Gasteiger partial charge is 0.508 e. The molecule has 0 saturated carbocycles. The molecule has 0 unspecified atom stereocenters. The molecule has 0 spiro atoms. The highest BCUT2D eigenvalue weighted by atomic mass is 35.5. The molecule has 0 aliphatic rings. The molecule has 20 heavy (non-hydrogen) atoms. The van der Waals surface area contributed by atoms with Crippen LogP contribution in [0.5, 0.6) is 5.75 Å². The quantitative estimate of drug-likeness (QED) is 0.809. The molecule has 1 heterocycles. The Balaban J connectivity index is 2.33. The van der Waals surface area contributed by atoms with E-state index in [1.807, 2.05) is 0 Å². The van der Waals surface area contributed by atoms with Gasteiger partial charge < -0.3 is 15.5 Å². The predicted molar refractivity (Wildman–Crippen MR) is 74.9 cm³/mol. The van der Waals surface area contributed by atoms with Crippen LogP contribution in [0.3, 0.4) is 0 Å². The number of phenolic OH excluding ortho intramolecular Hbond substituents is 1. The minimum atomic E-state index is -1.17. The average Bonchev–Trinajstić information content (AvgIpc) is 2.73. The number of carboxylic acids is 1. The van der Waals surface area contributed by atoms with Gasteiger partial charge >= 0.3 is 5.97 Å². The number of aromatic nitrogens is 1. The van der Waals surface area contributed by atoms with Gasteiger partial charge in [-0.05, 0) is 36.7 Å². The number of aromatic carboxylic acids is 1. The van der Waals surface area contributed by atoms with E-state index in [-0.39, 0.29) is 26.9 Å². The normalized spacial score (nSPS) is 10.3. The van der Waals surface area contributed by atoms with Crippen LogP contribution in [0.1, 0.15) is 26.4 Å². The molecule has 0 bridgehead atoms. The number of rotatable bonds is 3. The first-order valence-electron chi connectivity index (χ1n) is 5.39. The summed E-state index contributed by atoms with van der Waals surface area (Å²) in [4.78, 5) is 23.1. The van der Waals surface area contributed by atoms with E-state index >= 15 is 0 Å². The molecule has 0 radical (unpaired) electrons. The zero-order valence-electron chi connectivity index (χ0n) is 10.2. The Kier molecular flexibility index (Phi) is 3.91. The van der Waals surface area contributed by atoms with Crippen molar-refractivity contribution in [3.8, 4) is 5.75 Å². The van der Waals surface area contributed by atoms with Crippen molar-refractivity contribution in [2.45, 2.75) is 6.92 Å². The molecule has 0 atom stereocenters. The summed E-state index contributed by atoms with van der Waals surface area (Å²) < 4.78 is 3.89. The number of hydrogen-bond donors (Lipinski definition) is 3. The number of aryl methyl sites for hydroxylation is 1.